The summed E-state index contributed by atoms with van der Waals surface area (Å²) >= 11 is 0. The highest BCUT2D eigenvalue weighted by molar-refractivity contribution is 6.00. The summed E-state index contributed by atoms with van der Waals surface area (Å²) in [5.74, 6) is 2.10. The summed E-state index contributed by atoms with van der Waals surface area (Å²) in [4.78, 5) is 15.6. The van der Waals surface area contributed by atoms with E-state index >= 15 is 0 Å². The first kappa shape index (κ1) is 26.2. The van der Waals surface area contributed by atoms with Gasteiger partial charge in [-0.05, 0) is 79.8 Å². The summed E-state index contributed by atoms with van der Waals surface area (Å²) in [5.41, 5.74) is 6.10. The Morgan fingerprint density at radius 1 is 1.00 bits per heavy atom. The highest BCUT2D eigenvalue weighted by atomic mass is 16.5. The zero-order valence-electron chi connectivity index (χ0n) is 22.9. The Kier molecular flexibility index (Phi) is 7.19. The molecule has 0 aliphatic carbocycles. The number of rotatable bonds is 9. The van der Waals surface area contributed by atoms with E-state index in [-0.39, 0.29) is 11.7 Å². The van der Waals surface area contributed by atoms with Crippen molar-refractivity contribution in [2.24, 2.45) is 0 Å². The van der Waals surface area contributed by atoms with E-state index in [1.807, 2.05) is 80.3 Å². The van der Waals surface area contributed by atoms with Gasteiger partial charge in [0.15, 0.2) is 11.5 Å². The fourth-order valence-electron chi connectivity index (χ4n) is 5.32. The second-order valence-corrected chi connectivity index (χ2v) is 9.68. The fraction of sp³-hybridized carbons (Fsp3) is 0.290. The normalized spacial score (nSPS) is 14.4. The number of fused-ring (bicyclic) bond motifs is 1. The molecule has 0 spiro atoms. The first-order chi connectivity index (χ1) is 18.9. The lowest BCUT2D eigenvalue weighted by Crippen LogP contribution is -2.31. The Morgan fingerprint density at radius 3 is 2.44 bits per heavy atom. The number of aromatic amines is 1. The van der Waals surface area contributed by atoms with Gasteiger partial charge in [0.1, 0.15) is 22.9 Å². The molecule has 202 valence electrons. The van der Waals surface area contributed by atoms with E-state index < -0.39 is 6.04 Å². The molecule has 1 aromatic heterocycles. The van der Waals surface area contributed by atoms with Crippen LogP contribution < -0.4 is 14.2 Å². The van der Waals surface area contributed by atoms with Crippen LogP contribution in [-0.2, 0) is 6.42 Å². The summed E-state index contributed by atoms with van der Waals surface area (Å²) in [7, 11) is 3.21. The first-order valence-electron chi connectivity index (χ1n) is 13.0. The number of hydrogen-bond donors (Lipinski definition) is 2. The van der Waals surface area contributed by atoms with E-state index in [0.717, 1.165) is 33.6 Å². The summed E-state index contributed by atoms with van der Waals surface area (Å²) < 4.78 is 16.5. The van der Waals surface area contributed by atoms with Crippen LogP contribution in [0, 0.1) is 13.8 Å². The van der Waals surface area contributed by atoms with Crippen LogP contribution in [0.25, 0.3) is 11.3 Å². The summed E-state index contributed by atoms with van der Waals surface area (Å²) in [6.45, 7) is 6.82. The number of phenols is 1. The lowest BCUT2D eigenvalue weighted by Gasteiger charge is -2.27. The molecule has 1 atom stereocenters. The molecular formula is C31H33N3O5. The van der Waals surface area contributed by atoms with Gasteiger partial charge in [-0.25, -0.2) is 0 Å². The molecule has 1 aliphatic rings. The third-order valence-electron chi connectivity index (χ3n) is 7.16. The average molecular weight is 528 g/mol. The van der Waals surface area contributed by atoms with Gasteiger partial charge in [0.25, 0.3) is 5.91 Å². The molecule has 0 saturated heterocycles. The van der Waals surface area contributed by atoms with Crippen molar-refractivity contribution in [2.75, 3.05) is 27.4 Å². The van der Waals surface area contributed by atoms with Gasteiger partial charge in [0.2, 0.25) is 0 Å². The molecule has 2 heterocycles. The van der Waals surface area contributed by atoms with E-state index in [0.29, 0.717) is 48.0 Å². The van der Waals surface area contributed by atoms with Gasteiger partial charge in [-0.3, -0.25) is 9.89 Å². The molecule has 1 amide bonds. The Labute approximate surface area is 228 Å². The molecule has 8 heteroatoms. The number of methoxy groups -OCH3 is 2. The number of aryl methyl sites for hydroxylation is 2. The number of ether oxygens (including phenoxy) is 3. The van der Waals surface area contributed by atoms with Crippen LogP contribution in [-0.4, -0.2) is 53.5 Å². The van der Waals surface area contributed by atoms with Crippen molar-refractivity contribution in [3.63, 3.8) is 0 Å². The van der Waals surface area contributed by atoms with Gasteiger partial charge >= 0.3 is 0 Å². The predicted molar refractivity (Wildman–Crippen MR) is 149 cm³/mol. The zero-order valence-corrected chi connectivity index (χ0v) is 22.9. The molecule has 0 fully saturated rings. The zero-order chi connectivity index (χ0) is 27.7. The largest absolute Gasteiger partial charge is 0.507 e. The van der Waals surface area contributed by atoms with Crippen LogP contribution in [0.15, 0.2) is 54.6 Å². The van der Waals surface area contributed by atoms with E-state index in [9.17, 15) is 9.90 Å². The van der Waals surface area contributed by atoms with E-state index in [4.69, 9.17) is 14.2 Å². The molecule has 5 rings (SSSR count). The number of aromatic nitrogens is 2. The molecule has 1 aliphatic heterocycles. The average Bonchev–Trinajstić information content (AvgIpc) is 3.48. The van der Waals surface area contributed by atoms with Crippen LogP contribution in [0.1, 0.15) is 51.3 Å². The summed E-state index contributed by atoms with van der Waals surface area (Å²) in [5, 5.41) is 18.5. The van der Waals surface area contributed by atoms with Crippen LogP contribution in [0.4, 0.5) is 0 Å². The molecule has 3 aromatic carbocycles. The highest BCUT2D eigenvalue weighted by Crippen LogP contribution is 2.45. The summed E-state index contributed by atoms with van der Waals surface area (Å²) in [6, 6.07) is 17.0. The van der Waals surface area contributed by atoms with E-state index in [1.165, 1.54) is 0 Å². The predicted octanol–water partition coefficient (Wildman–Crippen LogP) is 5.60. The number of carbonyl (C=O) groups is 1. The maximum Gasteiger partial charge on any atom is 0.273 e. The molecule has 2 N–H and O–H groups in total. The molecule has 1 unspecified atom stereocenters. The highest BCUT2D eigenvalue weighted by Gasteiger charge is 2.42. The third-order valence-corrected chi connectivity index (χ3v) is 7.16. The number of nitrogens with zero attached hydrogens (tertiary/aromatic N) is 2. The van der Waals surface area contributed by atoms with Crippen molar-refractivity contribution in [3.8, 4) is 34.3 Å². The number of aromatic hydroxyl groups is 1. The van der Waals surface area contributed by atoms with Crippen molar-refractivity contribution in [2.45, 2.75) is 33.2 Å². The monoisotopic (exact) mass is 527 g/mol. The van der Waals surface area contributed by atoms with Crippen LogP contribution >= 0.6 is 0 Å². The van der Waals surface area contributed by atoms with Gasteiger partial charge in [-0.2, -0.15) is 5.10 Å². The molecular weight excluding hydrogens is 494 g/mol. The molecule has 0 radical (unpaired) electrons. The maximum absolute atomic E-state index is 13.8. The molecule has 4 aromatic rings. The quantitative estimate of drug-likeness (QED) is 0.294. The second kappa shape index (κ2) is 10.7. The minimum atomic E-state index is -0.391. The number of carbonyl (C=O) groups excluding carboxylic acids is 1. The number of amides is 1. The SMILES string of the molecule is CCOc1ccc(C2c3c(-c4cc(C)cc(C)c4O)n[nH]c3C(=O)N2CCc2ccc(OC)c(OC)c2)cc1. The van der Waals surface area contributed by atoms with E-state index in [2.05, 4.69) is 10.2 Å². The number of benzene rings is 3. The number of phenolic OH excluding ortho intramolecular Hbond substituents is 1. The fourth-order valence-corrected chi connectivity index (χ4v) is 5.32. The van der Waals surface area contributed by atoms with Crippen molar-refractivity contribution < 1.29 is 24.1 Å². The minimum Gasteiger partial charge on any atom is -0.507 e. The van der Waals surface area contributed by atoms with Gasteiger partial charge in [-0.1, -0.05) is 24.3 Å². The van der Waals surface area contributed by atoms with Gasteiger partial charge < -0.3 is 24.2 Å². The van der Waals surface area contributed by atoms with E-state index in [1.54, 1.807) is 14.2 Å². The number of H-pyrrole nitrogens is 1. The topological polar surface area (TPSA) is 96.9 Å². The van der Waals surface area contributed by atoms with Crippen LogP contribution in [0.5, 0.6) is 23.0 Å². The van der Waals surface area contributed by atoms with Crippen molar-refractivity contribution in [1.29, 1.82) is 0 Å². The Balaban J connectivity index is 1.56. The smallest absolute Gasteiger partial charge is 0.273 e. The van der Waals surface area contributed by atoms with Crippen LogP contribution in [0.2, 0.25) is 0 Å². The second-order valence-electron chi connectivity index (χ2n) is 9.68. The van der Waals surface area contributed by atoms with Gasteiger partial charge in [0, 0.05) is 17.7 Å². The standard InChI is InChI=1S/C31H33N3O5/c1-6-39-22-10-8-21(9-11-22)29-26-27(23-16-18(2)15-19(3)30(23)35)32-33-28(26)31(36)34(29)14-13-20-7-12-24(37-4)25(17-20)38-5/h7-12,15-17,29,35H,6,13-14H2,1-5H3,(H,32,33). The molecule has 39 heavy (non-hydrogen) atoms. The van der Waals surface area contributed by atoms with Crippen LogP contribution in [0.3, 0.4) is 0 Å². The molecule has 0 bridgehead atoms. The number of nitrogens with one attached hydrogen (secondary N) is 1. The van der Waals surface area contributed by atoms with Gasteiger partial charge in [0.05, 0.1) is 26.9 Å². The Hall–Kier alpha value is -4.46. The lowest BCUT2D eigenvalue weighted by molar-refractivity contribution is 0.0746. The molecule has 8 nitrogen and oxygen atoms in total. The summed E-state index contributed by atoms with van der Waals surface area (Å²) in [6.07, 6.45) is 0.613. The molecule has 0 saturated carbocycles. The Morgan fingerprint density at radius 2 is 1.74 bits per heavy atom. The minimum absolute atomic E-state index is 0.132. The maximum atomic E-state index is 13.8. The van der Waals surface area contributed by atoms with Crippen molar-refractivity contribution in [1.82, 2.24) is 15.1 Å². The number of hydrogen-bond acceptors (Lipinski definition) is 6. The third kappa shape index (κ3) is 4.78. The lowest BCUT2D eigenvalue weighted by atomic mass is 9.94. The van der Waals surface area contributed by atoms with Gasteiger partial charge in [-0.15, -0.1) is 0 Å². The first-order valence-corrected chi connectivity index (χ1v) is 13.0. The van der Waals surface area contributed by atoms with Crippen molar-refractivity contribution in [3.05, 3.63) is 88.1 Å². The van der Waals surface area contributed by atoms with Crippen molar-refractivity contribution >= 4 is 5.91 Å². The Bertz CT molecular complexity index is 1510.